The number of benzene rings is 2. The summed E-state index contributed by atoms with van der Waals surface area (Å²) >= 11 is 5.34. The van der Waals surface area contributed by atoms with Crippen molar-refractivity contribution >= 4 is 40.3 Å². The number of carbonyl (C=O) groups excluding carboxylic acids is 1. The second-order valence-electron chi connectivity index (χ2n) is 8.19. The number of carbonyl (C=O) groups is 1. The third kappa shape index (κ3) is 5.58. The third-order valence-corrected chi connectivity index (χ3v) is 5.40. The number of anilines is 3. The predicted molar refractivity (Wildman–Crippen MR) is 128 cm³/mol. The van der Waals surface area contributed by atoms with Crippen LogP contribution in [0.15, 0.2) is 72.9 Å². The summed E-state index contributed by atoms with van der Waals surface area (Å²) in [7, 11) is 0. The molecule has 7 heteroatoms. The van der Waals surface area contributed by atoms with Crippen molar-refractivity contribution in [2.24, 2.45) is 11.3 Å². The Hall–Kier alpha value is -3.45. The number of nitrogens with one attached hydrogen (secondary N) is 3. The summed E-state index contributed by atoms with van der Waals surface area (Å²) in [6, 6.07) is 20.7. The average Bonchev–Trinajstić information content (AvgIpc) is 3.40. The van der Waals surface area contributed by atoms with E-state index in [-0.39, 0.29) is 17.2 Å². The molecule has 2 aromatic carbocycles. The molecule has 1 atom stereocenters. The maximum absolute atomic E-state index is 12.2. The van der Waals surface area contributed by atoms with Gasteiger partial charge >= 0.3 is 0 Å². The van der Waals surface area contributed by atoms with Crippen molar-refractivity contribution in [3.8, 4) is 11.6 Å². The molecular formula is C24H24N4O2S. The number of hydrogen-bond donors (Lipinski definition) is 3. The first-order valence-corrected chi connectivity index (χ1v) is 10.5. The van der Waals surface area contributed by atoms with Crippen LogP contribution in [0.25, 0.3) is 0 Å². The van der Waals surface area contributed by atoms with Gasteiger partial charge in [-0.1, -0.05) is 32.0 Å². The van der Waals surface area contributed by atoms with Crippen LogP contribution < -0.4 is 20.7 Å². The SMILES string of the molecule is CC1(C)CC1C(=O)Nc1ccc(Oc2ccc(NC(=S)Nc3ccccc3)cc2)nc1. The van der Waals surface area contributed by atoms with Crippen molar-refractivity contribution in [2.45, 2.75) is 20.3 Å². The van der Waals surface area contributed by atoms with E-state index in [0.717, 1.165) is 17.8 Å². The second kappa shape index (κ2) is 8.73. The minimum absolute atomic E-state index is 0.0447. The zero-order chi connectivity index (χ0) is 21.8. The lowest BCUT2D eigenvalue weighted by molar-refractivity contribution is -0.118. The van der Waals surface area contributed by atoms with Crippen molar-refractivity contribution in [3.05, 3.63) is 72.9 Å². The van der Waals surface area contributed by atoms with Gasteiger partial charge in [-0.2, -0.15) is 0 Å². The summed E-state index contributed by atoms with van der Waals surface area (Å²) in [6.07, 6.45) is 2.53. The van der Waals surface area contributed by atoms with Gasteiger partial charge in [-0.15, -0.1) is 0 Å². The van der Waals surface area contributed by atoms with E-state index >= 15 is 0 Å². The monoisotopic (exact) mass is 432 g/mol. The molecule has 1 unspecified atom stereocenters. The Morgan fingerprint density at radius 3 is 2.13 bits per heavy atom. The van der Waals surface area contributed by atoms with Crippen LogP contribution in [-0.4, -0.2) is 16.0 Å². The Balaban J connectivity index is 1.28. The molecule has 3 aromatic rings. The van der Waals surface area contributed by atoms with E-state index in [1.54, 1.807) is 18.3 Å². The minimum Gasteiger partial charge on any atom is -0.439 e. The maximum Gasteiger partial charge on any atom is 0.228 e. The summed E-state index contributed by atoms with van der Waals surface area (Å²) in [5.41, 5.74) is 2.53. The van der Waals surface area contributed by atoms with Gasteiger partial charge in [0, 0.05) is 23.4 Å². The molecular weight excluding hydrogens is 408 g/mol. The molecule has 1 amide bonds. The quantitative estimate of drug-likeness (QED) is 0.436. The smallest absolute Gasteiger partial charge is 0.228 e. The van der Waals surface area contributed by atoms with Gasteiger partial charge in [-0.3, -0.25) is 4.79 Å². The van der Waals surface area contributed by atoms with Crippen LogP contribution in [0.5, 0.6) is 11.6 Å². The zero-order valence-electron chi connectivity index (χ0n) is 17.4. The highest BCUT2D eigenvalue weighted by atomic mass is 32.1. The Morgan fingerprint density at radius 2 is 1.55 bits per heavy atom. The van der Waals surface area contributed by atoms with Crippen molar-refractivity contribution in [1.29, 1.82) is 0 Å². The number of para-hydroxylation sites is 1. The van der Waals surface area contributed by atoms with Gasteiger partial charge in [-0.25, -0.2) is 4.98 Å². The van der Waals surface area contributed by atoms with Gasteiger partial charge in [0.25, 0.3) is 0 Å². The van der Waals surface area contributed by atoms with Crippen LogP contribution in [0.3, 0.4) is 0 Å². The average molecular weight is 433 g/mol. The molecule has 31 heavy (non-hydrogen) atoms. The number of nitrogens with zero attached hydrogens (tertiary/aromatic N) is 1. The van der Waals surface area contributed by atoms with Gasteiger partial charge in [0.05, 0.1) is 11.9 Å². The Morgan fingerprint density at radius 1 is 0.935 bits per heavy atom. The van der Waals surface area contributed by atoms with Crippen molar-refractivity contribution < 1.29 is 9.53 Å². The fraction of sp³-hybridized carbons (Fsp3) is 0.208. The molecule has 0 saturated heterocycles. The van der Waals surface area contributed by atoms with E-state index in [2.05, 4.69) is 34.8 Å². The number of ether oxygens (including phenoxy) is 1. The van der Waals surface area contributed by atoms with Gasteiger partial charge in [-0.05, 0) is 66.5 Å². The molecule has 4 rings (SSSR count). The molecule has 1 aliphatic carbocycles. The lowest BCUT2D eigenvalue weighted by Gasteiger charge is -2.11. The molecule has 0 spiro atoms. The number of pyridine rings is 1. The van der Waals surface area contributed by atoms with E-state index in [9.17, 15) is 4.79 Å². The maximum atomic E-state index is 12.2. The van der Waals surface area contributed by atoms with Crippen LogP contribution in [0.4, 0.5) is 17.1 Å². The molecule has 158 valence electrons. The van der Waals surface area contributed by atoms with Crippen LogP contribution >= 0.6 is 12.2 Å². The molecule has 3 N–H and O–H groups in total. The summed E-state index contributed by atoms with van der Waals surface area (Å²) < 4.78 is 5.79. The Labute approximate surface area is 187 Å². The molecule has 1 aromatic heterocycles. The molecule has 0 bridgehead atoms. The van der Waals surface area contributed by atoms with Crippen molar-refractivity contribution in [1.82, 2.24) is 4.98 Å². The Kier molecular flexibility index (Phi) is 5.86. The van der Waals surface area contributed by atoms with Crippen LogP contribution in [0.2, 0.25) is 0 Å². The van der Waals surface area contributed by atoms with Gasteiger partial charge in [0.1, 0.15) is 5.75 Å². The van der Waals surface area contributed by atoms with E-state index in [1.807, 2.05) is 54.6 Å². The molecule has 1 fully saturated rings. The second-order valence-corrected chi connectivity index (χ2v) is 8.60. The molecule has 1 aliphatic rings. The summed E-state index contributed by atoms with van der Waals surface area (Å²) in [5.74, 6) is 1.22. The highest BCUT2D eigenvalue weighted by Crippen LogP contribution is 2.51. The van der Waals surface area contributed by atoms with Crippen LogP contribution in [-0.2, 0) is 4.79 Å². The highest BCUT2D eigenvalue weighted by molar-refractivity contribution is 7.80. The molecule has 0 aliphatic heterocycles. The van der Waals surface area contributed by atoms with E-state index in [0.29, 0.717) is 22.4 Å². The number of hydrogen-bond acceptors (Lipinski definition) is 4. The van der Waals surface area contributed by atoms with Crippen molar-refractivity contribution in [3.63, 3.8) is 0 Å². The normalized spacial score (nSPS) is 16.1. The number of thiocarbonyl (C=S) groups is 1. The standard InChI is InChI=1S/C24H24N4O2S/c1-24(2)14-20(24)22(29)26-18-10-13-21(25-15-18)30-19-11-8-17(9-12-19)28-23(31)27-16-6-4-3-5-7-16/h3-13,15,20H,14H2,1-2H3,(H,26,29)(H2,27,28,31). The predicted octanol–water partition coefficient (Wildman–Crippen LogP) is 5.67. The van der Waals surface area contributed by atoms with E-state index < -0.39 is 0 Å². The van der Waals surface area contributed by atoms with Gasteiger partial charge < -0.3 is 20.7 Å². The fourth-order valence-corrected chi connectivity index (χ4v) is 3.44. The molecule has 6 nitrogen and oxygen atoms in total. The first-order chi connectivity index (χ1) is 14.9. The van der Waals surface area contributed by atoms with Gasteiger partial charge in [0.15, 0.2) is 5.11 Å². The lowest BCUT2D eigenvalue weighted by Crippen LogP contribution is -2.18. The third-order valence-electron chi connectivity index (χ3n) is 5.20. The number of aromatic nitrogens is 1. The fourth-order valence-electron chi connectivity index (χ4n) is 3.20. The topological polar surface area (TPSA) is 75.3 Å². The van der Waals surface area contributed by atoms with Crippen LogP contribution in [0, 0.1) is 11.3 Å². The van der Waals surface area contributed by atoms with E-state index in [1.165, 1.54) is 0 Å². The van der Waals surface area contributed by atoms with Gasteiger partial charge in [0.2, 0.25) is 11.8 Å². The summed E-state index contributed by atoms with van der Waals surface area (Å²) in [6.45, 7) is 4.20. The largest absolute Gasteiger partial charge is 0.439 e. The minimum atomic E-state index is 0.0447. The first-order valence-electron chi connectivity index (χ1n) is 10.1. The van der Waals surface area contributed by atoms with Crippen molar-refractivity contribution in [2.75, 3.05) is 16.0 Å². The number of amides is 1. The molecule has 0 radical (unpaired) electrons. The van der Waals surface area contributed by atoms with Crippen LogP contribution in [0.1, 0.15) is 20.3 Å². The first kappa shape index (κ1) is 20.8. The number of rotatable bonds is 6. The highest BCUT2D eigenvalue weighted by Gasteiger charge is 2.50. The molecule has 1 saturated carbocycles. The molecule has 1 heterocycles. The summed E-state index contributed by atoms with van der Waals surface area (Å²) in [4.78, 5) is 16.5. The zero-order valence-corrected chi connectivity index (χ0v) is 18.2. The summed E-state index contributed by atoms with van der Waals surface area (Å²) in [5, 5.41) is 9.68. The Bertz CT molecular complexity index is 1070. The van der Waals surface area contributed by atoms with E-state index in [4.69, 9.17) is 17.0 Å². The lowest BCUT2D eigenvalue weighted by atomic mass is 10.1.